The van der Waals surface area contributed by atoms with Gasteiger partial charge < -0.3 is 5.32 Å². The summed E-state index contributed by atoms with van der Waals surface area (Å²) in [5.41, 5.74) is 1.71. The van der Waals surface area contributed by atoms with Crippen LogP contribution in [0.25, 0.3) is 0 Å². The molecular weight excluding hydrogens is 299 g/mol. The highest BCUT2D eigenvalue weighted by Crippen LogP contribution is 2.32. The summed E-state index contributed by atoms with van der Waals surface area (Å²) in [5, 5.41) is 2.84. The van der Waals surface area contributed by atoms with Crippen LogP contribution in [0.5, 0.6) is 0 Å². The molecule has 3 nitrogen and oxygen atoms in total. The Labute approximate surface area is 116 Å². The van der Waals surface area contributed by atoms with Crippen molar-refractivity contribution >= 4 is 28.8 Å². The van der Waals surface area contributed by atoms with Crippen LogP contribution in [0.15, 0.2) is 17.8 Å². The average molecular weight is 308 g/mol. The van der Waals surface area contributed by atoms with Crippen molar-refractivity contribution in [2.45, 2.75) is 19.6 Å². The Morgan fingerprint density at radius 3 is 2.63 bits per heavy atom. The molecule has 0 aliphatic heterocycles. The van der Waals surface area contributed by atoms with E-state index in [1.54, 1.807) is 5.51 Å². The van der Waals surface area contributed by atoms with Crippen LogP contribution < -0.4 is 5.32 Å². The number of hydrogen-bond acceptors (Lipinski definition) is 4. The zero-order valence-corrected chi connectivity index (χ0v) is 11.3. The van der Waals surface area contributed by atoms with Gasteiger partial charge in [-0.1, -0.05) is 11.6 Å². The third kappa shape index (κ3) is 3.36. The maximum absolute atomic E-state index is 12.4. The second-order valence-electron chi connectivity index (χ2n) is 3.77. The minimum atomic E-state index is -4.44. The number of thiazole rings is 1. The second kappa shape index (κ2) is 5.34. The average Bonchev–Trinajstić information content (AvgIpc) is 2.72. The molecule has 2 aromatic rings. The molecule has 0 saturated heterocycles. The van der Waals surface area contributed by atoms with E-state index in [0.717, 1.165) is 22.8 Å². The Morgan fingerprint density at radius 2 is 2.11 bits per heavy atom. The smallest absolute Gasteiger partial charge is 0.364 e. The van der Waals surface area contributed by atoms with Crippen molar-refractivity contribution in [1.29, 1.82) is 0 Å². The Hall–Kier alpha value is -1.34. The first-order chi connectivity index (χ1) is 8.88. The molecule has 0 spiro atoms. The number of nitrogens with one attached hydrogen (secondary N) is 1. The van der Waals surface area contributed by atoms with Gasteiger partial charge in [0, 0.05) is 11.1 Å². The fourth-order valence-corrected chi connectivity index (χ4v) is 2.33. The Kier molecular flexibility index (Phi) is 3.96. The fraction of sp³-hybridized carbons (Fsp3) is 0.273. The second-order valence-corrected chi connectivity index (χ2v) is 5.11. The molecular formula is C11H9ClF3N3S. The topological polar surface area (TPSA) is 37.8 Å². The number of rotatable bonds is 3. The molecule has 2 aromatic heterocycles. The number of alkyl halides is 3. The van der Waals surface area contributed by atoms with Gasteiger partial charge in [-0.3, -0.25) is 0 Å². The fourth-order valence-electron chi connectivity index (χ4n) is 1.38. The molecule has 102 valence electrons. The maximum Gasteiger partial charge on any atom is 0.417 e. The molecule has 19 heavy (non-hydrogen) atoms. The summed E-state index contributed by atoms with van der Waals surface area (Å²) in [4.78, 5) is 8.75. The molecule has 0 aromatic carbocycles. The largest absolute Gasteiger partial charge is 0.417 e. The van der Waals surface area contributed by atoms with E-state index < -0.39 is 11.7 Å². The van der Waals surface area contributed by atoms with Crippen LogP contribution in [-0.2, 0) is 12.7 Å². The van der Waals surface area contributed by atoms with Crippen LogP contribution in [0.2, 0.25) is 5.02 Å². The highest BCUT2D eigenvalue weighted by atomic mass is 35.5. The van der Waals surface area contributed by atoms with E-state index in [1.807, 2.05) is 6.92 Å². The van der Waals surface area contributed by atoms with Crippen LogP contribution in [-0.4, -0.2) is 9.97 Å². The van der Waals surface area contributed by atoms with Crippen LogP contribution >= 0.6 is 22.9 Å². The predicted molar refractivity (Wildman–Crippen MR) is 68.4 cm³/mol. The standard InChI is InChI=1S/C11H9ClF3N3S/c1-6-9(19-5-18-6)4-17-10-8(12)2-7(3-16-10)11(13,14)15/h2-3,5H,4H2,1H3,(H,16,17). The number of pyridine rings is 1. The molecule has 2 heterocycles. The van der Waals surface area contributed by atoms with Crippen LogP contribution in [0.4, 0.5) is 19.0 Å². The molecule has 0 amide bonds. The van der Waals surface area contributed by atoms with Gasteiger partial charge in [0.25, 0.3) is 0 Å². The number of anilines is 1. The lowest BCUT2D eigenvalue weighted by molar-refractivity contribution is -0.137. The summed E-state index contributed by atoms with van der Waals surface area (Å²) < 4.78 is 37.3. The van der Waals surface area contributed by atoms with Gasteiger partial charge >= 0.3 is 6.18 Å². The lowest BCUT2D eigenvalue weighted by Crippen LogP contribution is -2.08. The van der Waals surface area contributed by atoms with E-state index >= 15 is 0 Å². The van der Waals surface area contributed by atoms with Crippen LogP contribution in [0.3, 0.4) is 0 Å². The van der Waals surface area contributed by atoms with Crippen molar-refractivity contribution in [3.8, 4) is 0 Å². The Bertz CT molecular complexity index is 583. The molecule has 0 saturated carbocycles. The van der Waals surface area contributed by atoms with E-state index in [4.69, 9.17) is 11.6 Å². The van der Waals surface area contributed by atoms with Crippen molar-refractivity contribution in [1.82, 2.24) is 9.97 Å². The first-order valence-electron chi connectivity index (χ1n) is 5.23. The summed E-state index contributed by atoms with van der Waals surface area (Å²) in [5.74, 6) is 0.225. The van der Waals surface area contributed by atoms with E-state index in [-0.39, 0.29) is 10.8 Å². The Balaban J connectivity index is 2.12. The summed E-state index contributed by atoms with van der Waals surface area (Å²) in [6.45, 7) is 2.28. The molecule has 0 radical (unpaired) electrons. The number of hydrogen-bond donors (Lipinski definition) is 1. The Morgan fingerprint density at radius 1 is 1.37 bits per heavy atom. The van der Waals surface area contributed by atoms with Crippen molar-refractivity contribution in [2.24, 2.45) is 0 Å². The van der Waals surface area contributed by atoms with E-state index in [1.165, 1.54) is 11.3 Å². The van der Waals surface area contributed by atoms with Gasteiger partial charge in [-0.25, -0.2) is 9.97 Å². The van der Waals surface area contributed by atoms with E-state index in [0.29, 0.717) is 6.54 Å². The number of halogens is 4. The van der Waals surface area contributed by atoms with Gasteiger partial charge in [0.15, 0.2) is 0 Å². The summed E-state index contributed by atoms with van der Waals surface area (Å²) in [6.07, 6.45) is -3.68. The number of aryl methyl sites for hydroxylation is 1. The van der Waals surface area contributed by atoms with Gasteiger partial charge in [-0.2, -0.15) is 13.2 Å². The molecule has 8 heteroatoms. The molecule has 1 N–H and O–H groups in total. The third-order valence-corrected chi connectivity index (χ3v) is 3.65. The predicted octanol–water partition coefficient (Wildman–Crippen LogP) is 4.13. The molecule has 2 rings (SSSR count). The summed E-state index contributed by atoms with van der Waals surface area (Å²) in [6, 6.07) is 0.858. The molecule has 0 unspecified atom stereocenters. The lowest BCUT2D eigenvalue weighted by Gasteiger charge is -2.10. The lowest BCUT2D eigenvalue weighted by atomic mass is 10.2. The van der Waals surface area contributed by atoms with E-state index in [9.17, 15) is 13.2 Å². The molecule has 0 aliphatic rings. The number of aromatic nitrogens is 2. The van der Waals surface area contributed by atoms with E-state index in [2.05, 4.69) is 15.3 Å². The summed E-state index contributed by atoms with van der Waals surface area (Å²) in [7, 11) is 0. The van der Waals surface area contributed by atoms with Gasteiger partial charge in [0.1, 0.15) is 5.82 Å². The quantitative estimate of drug-likeness (QED) is 0.926. The molecule has 0 bridgehead atoms. The first kappa shape index (κ1) is 14.1. The minimum absolute atomic E-state index is 0.0583. The van der Waals surface area contributed by atoms with Gasteiger partial charge in [-0.15, -0.1) is 11.3 Å². The highest BCUT2D eigenvalue weighted by Gasteiger charge is 2.31. The van der Waals surface area contributed by atoms with Crippen LogP contribution in [0, 0.1) is 6.92 Å². The van der Waals surface area contributed by atoms with Crippen molar-refractivity contribution in [3.63, 3.8) is 0 Å². The maximum atomic E-state index is 12.4. The summed E-state index contributed by atoms with van der Waals surface area (Å²) >= 11 is 7.24. The molecule has 0 fully saturated rings. The minimum Gasteiger partial charge on any atom is -0.364 e. The van der Waals surface area contributed by atoms with Gasteiger partial charge in [0.05, 0.1) is 28.3 Å². The molecule has 0 aliphatic carbocycles. The monoisotopic (exact) mass is 307 g/mol. The zero-order chi connectivity index (χ0) is 14.0. The van der Waals surface area contributed by atoms with Crippen molar-refractivity contribution in [2.75, 3.05) is 5.32 Å². The first-order valence-corrected chi connectivity index (χ1v) is 6.49. The van der Waals surface area contributed by atoms with Crippen molar-refractivity contribution in [3.05, 3.63) is 38.9 Å². The number of nitrogens with zero attached hydrogens (tertiary/aromatic N) is 2. The van der Waals surface area contributed by atoms with Crippen LogP contribution in [0.1, 0.15) is 16.1 Å². The van der Waals surface area contributed by atoms with Gasteiger partial charge in [-0.05, 0) is 13.0 Å². The molecule has 0 atom stereocenters. The van der Waals surface area contributed by atoms with Crippen molar-refractivity contribution < 1.29 is 13.2 Å². The highest BCUT2D eigenvalue weighted by molar-refractivity contribution is 7.09. The zero-order valence-electron chi connectivity index (χ0n) is 9.75. The van der Waals surface area contributed by atoms with Gasteiger partial charge in [0.2, 0.25) is 0 Å². The normalized spacial score (nSPS) is 11.6. The SMILES string of the molecule is Cc1ncsc1CNc1ncc(C(F)(F)F)cc1Cl. The third-order valence-electron chi connectivity index (χ3n) is 2.43.